The quantitative estimate of drug-likeness (QED) is 0.830. The van der Waals surface area contributed by atoms with Gasteiger partial charge in [0.1, 0.15) is 5.78 Å². The summed E-state index contributed by atoms with van der Waals surface area (Å²) in [5.74, 6) is -1.22. The molecule has 0 saturated heterocycles. The molecule has 0 amide bonds. The third-order valence-electron chi connectivity index (χ3n) is 1.61. The Labute approximate surface area is 83.5 Å². The van der Waals surface area contributed by atoms with Crippen LogP contribution in [-0.2, 0) is 11.2 Å². The molecule has 0 unspecified atom stereocenters. The van der Waals surface area contributed by atoms with E-state index in [1.54, 1.807) is 0 Å². The maximum atomic E-state index is 12.8. The summed E-state index contributed by atoms with van der Waals surface area (Å²) < 4.78 is 12.8. The summed E-state index contributed by atoms with van der Waals surface area (Å²) in [6.45, 7) is 0. The Kier molecular flexibility index (Phi) is 3.42. The van der Waals surface area contributed by atoms with Crippen LogP contribution in [0.3, 0.4) is 0 Å². The number of hydrogen-bond acceptors (Lipinski definition) is 2. The molecule has 0 fully saturated rings. The second kappa shape index (κ2) is 4.37. The van der Waals surface area contributed by atoms with Gasteiger partial charge in [0.05, 0.1) is 5.33 Å². The largest absolute Gasteiger partial charge is 0.505 e. The normalized spacial score (nSPS) is 10.0. The van der Waals surface area contributed by atoms with Crippen LogP contribution in [0.2, 0.25) is 0 Å². The lowest BCUT2D eigenvalue weighted by molar-refractivity contribution is -0.115. The van der Waals surface area contributed by atoms with Crippen molar-refractivity contribution in [3.8, 4) is 5.75 Å². The van der Waals surface area contributed by atoms with Crippen molar-refractivity contribution in [1.82, 2.24) is 0 Å². The van der Waals surface area contributed by atoms with Crippen molar-refractivity contribution in [2.24, 2.45) is 0 Å². The first-order valence-corrected chi connectivity index (χ1v) is 4.81. The Morgan fingerprint density at radius 3 is 2.85 bits per heavy atom. The zero-order valence-corrected chi connectivity index (χ0v) is 8.34. The van der Waals surface area contributed by atoms with Gasteiger partial charge in [0.2, 0.25) is 0 Å². The van der Waals surface area contributed by atoms with Crippen LogP contribution in [0.15, 0.2) is 18.2 Å². The second-order valence-electron chi connectivity index (χ2n) is 2.60. The molecule has 0 atom stereocenters. The Balaban J connectivity index is 2.89. The van der Waals surface area contributed by atoms with Gasteiger partial charge >= 0.3 is 0 Å². The number of rotatable bonds is 3. The molecule has 70 valence electrons. The smallest absolute Gasteiger partial charge is 0.165 e. The third-order valence-corrected chi connectivity index (χ3v) is 2.23. The summed E-state index contributed by atoms with van der Waals surface area (Å²) in [7, 11) is 0. The van der Waals surface area contributed by atoms with Crippen LogP contribution in [0.25, 0.3) is 0 Å². The number of alkyl halides is 1. The number of para-hydroxylation sites is 1. The minimum Gasteiger partial charge on any atom is -0.505 e. The number of halogens is 2. The first-order chi connectivity index (χ1) is 6.15. The molecular formula is C9H8BrFO2. The minimum atomic E-state index is -0.695. The number of hydrogen-bond donors (Lipinski definition) is 1. The Morgan fingerprint density at radius 1 is 1.54 bits per heavy atom. The van der Waals surface area contributed by atoms with E-state index in [1.807, 2.05) is 0 Å². The van der Waals surface area contributed by atoms with Gasteiger partial charge in [0.15, 0.2) is 11.6 Å². The zero-order valence-electron chi connectivity index (χ0n) is 6.76. The van der Waals surface area contributed by atoms with E-state index in [-0.39, 0.29) is 17.5 Å². The number of phenols is 1. The number of carbonyl (C=O) groups excluding carboxylic acids is 1. The minimum absolute atomic E-state index is 0.0504. The van der Waals surface area contributed by atoms with Gasteiger partial charge < -0.3 is 5.11 Å². The van der Waals surface area contributed by atoms with Gasteiger partial charge in [-0.2, -0.15) is 0 Å². The molecule has 0 aromatic heterocycles. The molecule has 0 radical (unpaired) electrons. The van der Waals surface area contributed by atoms with Crippen LogP contribution >= 0.6 is 15.9 Å². The van der Waals surface area contributed by atoms with E-state index in [0.29, 0.717) is 5.56 Å². The molecule has 0 heterocycles. The summed E-state index contributed by atoms with van der Waals surface area (Å²) in [6.07, 6.45) is 0.0504. The van der Waals surface area contributed by atoms with Crippen LogP contribution in [0.5, 0.6) is 5.75 Å². The van der Waals surface area contributed by atoms with Gasteiger partial charge in [-0.25, -0.2) is 4.39 Å². The summed E-state index contributed by atoms with van der Waals surface area (Å²) in [5.41, 5.74) is 0.324. The molecule has 13 heavy (non-hydrogen) atoms. The number of aromatic hydroxyl groups is 1. The SMILES string of the molecule is O=C(CBr)Cc1cccc(F)c1O. The standard InChI is InChI=1S/C9H8BrFO2/c10-5-7(12)4-6-2-1-3-8(11)9(6)13/h1-3,13H,4-5H2. The Bertz CT molecular complexity index is 325. The number of phenolic OH excluding ortho intramolecular Hbond substituents is 1. The maximum Gasteiger partial charge on any atom is 0.165 e. The van der Waals surface area contributed by atoms with E-state index in [1.165, 1.54) is 12.1 Å². The second-order valence-corrected chi connectivity index (χ2v) is 3.16. The van der Waals surface area contributed by atoms with Crippen molar-refractivity contribution in [2.75, 3.05) is 5.33 Å². The Morgan fingerprint density at radius 2 is 2.23 bits per heavy atom. The third kappa shape index (κ3) is 2.52. The van der Waals surface area contributed by atoms with Crippen molar-refractivity contribution in [2.45, 2.75) is 6.42 Å². The molecule has 4 heteroatoms. The topological polar surface area (TPSA) is 37.3 Å². The van der Waals surface area contributed by atoms with Crippen molar-refractivity contribution in [3.05, 3.63) is 29.6 Å². The van der Waals surface area contributed by atoms with Crippen molar-refractivity contribution in [1.29, 1.82) is 0 Å². The first-order valence-electron chi connectivity index (χ1n) is 3.69. The highest BCUT2D eigenvalue weighted by atomic mass is 79.9. The number of benzene rings is 1. The van der Waals surface area contributed by atoms with Crippen LogP contribution in [0, 0.1) is 5.82 Å². The molecule has 0 spiro atoms. The molecular weight excluding hydrogens is 239 g/mol. The lowest BCUT2D eigenvalue weighted by atomic mass is 10.1. The molecule has 0 aliphatic heterocycles. The lowest BCUT2D eigenvalue weighted by Crippen LogP contribution is -2.03. The van der Waals surface area contributed by atoms with E-state index >= 15 is 0 Å². The van der Waals surface area contributed by atoms with Gasteiger partial charge in [-0.15, -0.1) is 0 Å². The number of carbonyl (C=O) groups is 1. The van der Waals surface area contributed by atoms with Crippen LogP contribution in [0.4, 0.5) is 4.39 Å². The fourth-order valence-electron chi connectivity index (χ4n) is 0.962. The molecule has 2 nitrogen and oxygen atoms in total. The number of ketones is 1. The van der Waals surface area contributed by atoms with Gasteiger partial charge in [-0.05, 0) is 6.07 Å². The highest BCUT2D eigenvalue weighted by Gasteiger charge is 2.09. The van der Waals surface area contributed by atoms with Gasteiger partial charge in [-0.1, -0.05) is 28.1 Å². The van der Waals surface area contributed by atoms with Crippen LogP contribution in [-0.4, -0.2) is 16.2 Å². The monoisotopic (exact) mass is 246 g/mol. The summed E-state index contributed by atoms with van der Waals surface area (Å²) in [6, 6.07) is 4.14. The van der Waals surface area contributed by atoms with E-state index in [0.717, 1.165) is 6.07 Å². The average molecular weight is 247 g/mol. The molecule has 1 aromatic rings. The predicted molar refractivity (Wildman–Crippen MR) is 50.6 cm³/mol. The van der Waals surface area contributed by atoms with E-state index < -0.39 is 11.6 Å². The Hall–Kier alpha value is -0.900. The zero-order chi connectivity index (χ0) is 9.84. The molecule has 1 N–H and O–H groups in total. The van der Waals surface area contributed by atoms with E-state index in [9.17, 15) is 14.3 Å². The highest BCUT2D eigenvalue weighted by molar-refractivity contribution is 9.09. The van der Waals surface area contributed by atoms with Crippen LogP contribution in [0.1, 0.15) is 5.56 Å². The fraction of sp³-hybridized carbons (Fsp3) is 0.222. The van der Waals surface area contributed by atoms with Crippen LogP contribution < -0.4 is 0 Å². The summed E-state index contributed by atoms with van der Waals surface area (Å²) >= 11 is 2.99. The summed E-state index contributed by atoms with van der Waals surface area (Å²) in [4.78, 5) is 11.0. The fourth-order valence-corrected chi connectivity index (χ4v) is 1.16. The molecule has 1 rings (SSSR count). The van der Waals surface area contributed by atoms with E-state index in [2.05, 4.69) is 15.9 Å². The molecule has 1 aromatic carbocycles. The highest BCUT2D eigenvalue weighted by Crippen LogP contribution is 2.21. The van der Waals surface area contributed by atoms with Gasteiger partial charge in [-0.3, -0.25) is 4.79 Å². The first kappa shape index (κ1) is 10.2. The predicted octanol–water partition coefficient (Wildman–Crippen LogP) is 2.04. The molecule has 0 aliphatic carbocycles. The number of Topliss-reactive ketones (excluding diaryl/α,β-unsaturated/α-hetero) is 1. The van der Waals surface area contributed by atoms with Crippen molar-refractivity contribution in [3.63, 3.8) is 0 Å². The van der Waals surface area contributed by atoms with Gasteiger partial charge in [0, 0.05) is 12.0 Å². The maximum absolute atomic E-state index is 12.8. The molecule has 0 saturated carbocycles. The summed E-state index contributed by atoms with van der Waals surface area (Å²) in [5, 5.41) is 9.41. The lowest BCUT2D eigenvalue weighted by Gasteiger charge is -2.02. The molecule has 0 aliphatic rings. The van der Waals surface area contributed by atoms with Crippen molar-refractivity contribution < 1.29 is 14.3 Å². The molecule has 0 bridgehead atoms. The van der Waals surface area contributed by atoms with E-state index in [4.69, 9.17) is 0 Å². The average Bonchev–Trinajstić information content (AvgIpc) is 2.13. The van der Waals surface area contributed by atoms with Crippen molar-refractivity contribution >= 4 is 21.7 Å². The van der Waals surface area contributed by atoms with Gasteiger partial charge in [0.25, 0.3) is 0 Å².